The monoisotopic (exact) mass is 254 g/mol. The van der Waals surface area contributed by atoms with Gasteiger partial charge in [0.2, 0.25) is 0 Å². The first-order valence-corrected chi connectivity index (χ1v) is 6.69. The number of pyridine rings is 1. The van der Waals surface area contributed by atoms with Crippen molar-refractivity contribution in [3.8, 4) is 0 Å². The van der Waals surface area contributed by atoms with Gasteiger partial charge in [-0.05, 0) is 25.1 Å². The summed E-state index contributed by atoms with van der Waals surface area (Å²) < 4.78 is 4.88. The van der Waals surface area contributed by atoms with Crippen LogP contribution < -0.4 is 5.32 Å². The lowest BCUT2D eigenvalue weighted by Gasteiger charge is -2.07. The SMILES string of the molecule is CCNCc1cccnc1SCC(=O)OCC. The lowest BCUT2D eigenvalue weighted by atomic mass is 10.3. The molecule has 0 amide bonds. The molecule has 5 heteroatoms. The molecule has 4 nitrogen and oxygen atoms in total. The highest BCUT2D eigenvalue weighted by Crippen LogP contribution is 2.19. The van der Waals surface area contributed by atoms with Gasteiger partial charge in [0.25, 0.3) is 0 Å². The molecule has 0 bridgehead atoms. The zero-order chi connectivity index (χ0) is 12.5. The van der Waals surface area contributed by atoms with Crippen LogP contribution in [-0.2, 0) is 16.1 Å². The Morgan fingerprint density at radius 1 is 1.53 bits per heavy atom. The molecular formula is C12H18N2O2S. The highest BCUT2D eigenvalue weighted by Gasteiger charge is 2.07. The molecule has 17 heavy (non-hydrogen) atoms. The van der Waals surface area contributed by atoms with Gasteiger partial charge in [-0.2, -0.15) is 0 Å². The summed E-state index contributed by atoms with van der Waals surface area (Å²) >= 11 is 1.42. The van der Waals surface area contributed by atoms with Crippen LogP contribution in [0.4, 0.5) is 0 Å². The molecule has 0 aliphatic carbocycles. The fourth-order valence-corrected chi connectivity index (χ4v) is 2.08. The maximum atomic E-state index is 11.3. The third kappa shape index (κ3) is 5.19. The Kier molecular flexibility index (Phi) is 6.65. The van der Waals surface area contributed by atoms with Gasteiger partial charge in [0.05, 0.1) is 12.4 Å². The molecule has 0 unspecified atom stereocenters. The van der Waals surface area contributed by atoms with Gasteiger partial charge in [-0.3, -0.25) is 4.79 Å². The van der Waals surface area contributed by atoms with E-state index in [9.17, 15) is 4.79 Å². The van der Waals surface area contributed by atoms with Gasteiger partial charge in [-0.1, -0.05) is 24.8 Å². The quantitative estimate of drug-likeness (QED) is 0.594. The summed E-state index contributed by atoms with van der Waals surface area (Å²) in [5.41, 5.74) is 1.11. The molecule has 0 saturated carbocycles. The maximum Gasteiger partial charge on any atom is 0.316 e. The van der Waals surface area contributed by atoms with Crippen LogP contribution in [0.25, 0.3) is 0 Å². The summed E-state index contributed by atoms with van der Waals surface area (Å²) in [7, 11) is 0. The molecule has 94 valence electrons. The molecule has 0 spiro atoms. The van der Waals surface area contributed by atoms with E-state index in [0.717, 1.165) is 23.7 Å². The standard InChI is InChI=1S/C12H18N2O2S/c1-3-13-8-10-6-5-7-14-12(10)17-9-11(15)16-4-2/h5-7,13H,3-4,8-9H2,1-2H3. The number of nitrogens with zero attached hydrogens (tertiary/aromatic N) is 1. The molecule has 1 aromatic rings. The van der Waals surface area contributed by atoms with Gasteiger partial charge in [0.1, 0.15) is 5.03 Å². The second-order valence-electron chi connectivity index (χ2n) is 3.34. The summed E-state index contributed by atoms with van der Waals surface area (Å²) in [5.74, 6) is 0.113. The van der Waals surface area contributed by atoms with Crippen LogP contribution in [0.5, 0.6) is 0 Å². The van der Waals surface area contributed by atoms with E-state index in [0.29, 0.717) is 12.4 Å². The van der Waals surface area contributed by atoms with Crippen molar-refractivity contribution < 1.29 is 9.53 Å². The van der Waals surface area contributed by atoms with Crippen molar-refractivity contribution in [2.75, 3.05) is 18.9 Å². The first-order chi connectivity index (χ1) is 8.27. The number of carbonyl (C=O) groups is 1. The molecule has 0 aromatic carbocycles. The van der Waals surface area contributed by atoms with Crippen LogP contribution in [0.3, 0.4) is 0 Å². The van der Waals surface area contributed by atoms with Crippen LogP contribution in [0, 0.1) is 0 Å². The predicted octanol–water partition coefficient (Wildman–Crippen LogP) is 1.85. The fraction of sp³-hybridized carbons (Fsp3) is 0.500. The molecule has 1 N–H and O–H groups in total. The van der Waals surface area contributed by atoms with E-state index in [1.54, 1.807) is 13.1 Å². The summed E-state index contributed by atoms with van der Waals surface area (Å²) in [6.45, 7) is 5.97. The zero-order valence-electron chi connectivity index (χ0n) is 10.2. The highest BCUT2D eigenvalue weighted by atomic mass is 32.2. The van der Waals surface area contributed by atoms with Gasteiger partial charge in [0.15, 0.2) is 0 Å². The number of esters is 1. The summed E-state index contributed by atoms with van der Waals surface area (Å²) in [6.07, 6.45) is 1.74. The Morgan fingerprint density at radius 2 is 2.35 bits per heavy atom. The normalized spacial score (nSPS) is 10.2. The third-order valence-corrected chi connectivity index (χ3v) is 3.07. The molecule has 1 aromatic heterocycles. The Hall–Kier alpha value is -1.07. The number of rotatable bonds is 7. The molecule has 0 saturated heterocycles. The van der Waals surface area contributed by atoms with Crippen LogP contribution in [0.15, 0.2) is 23.4 Å². The minimum atomic E-state index is -0.197. The maximum absolute atomic E-state index is 11.3. The second kappa shape index (κ2) is 8.08. The third-order valence-electron chi connectivity index (χ3n) is 2.05. The fourth-order valence-electron chi connectivity index (χ4n) is 1.28. The molecule has 0 aliphatic rings. The van der Waals surface area contributed by atoms with Gasteiger partial charge < -0.3 is 10.1 Å². The largest absolute Gasteiger partial charge is 0.465 e. The first-order valence-electron chi connectivity index (χ1n) is 5.71. The summed E-state index contributed by atoms with van der Waals surface area (Å²) in [4.78, 5) is 15.5. The van der Waals surface area contributed by atoms with E-state index in [4.69, 9.17) is 4.74 Å². The average molecular weight is 254 g/mol. The minimum Gasteiger partial charge on any atom is -0.465 e. The summed E-state index contributed by atoms with van der Waals surface area (Å²) in [5, 5.41) is 4.14. The van der Waals surface area contributed by atoms with Gasteiger partial charge >= 0.3 is 5.97 Å². The Labute approximate surface area is 106 Å². The molecule has 1 heterocycles. The highest BCUT2D eigenvalue weighted by molar-refractivity contribution is 7.99. The van der Waals surface area contributed by atoms with Crippen molar-refractivity contribution in [3.63, 3.8) is 0 Å². The molecular weight excluding hydrogens is 236 g/mol. The van der Waals surface area contributed by atoms with Crippen molar-refractivity contribution in [3.05, 3.63) is 23.9 Å². The number of ether oxygens (including phenoxy) is 1. The van der Waals surface area contributed by atoms with Crippen molar-refractivity contribution in [1.82, 2.24) is 10.3 Å². The van der Waals surface area contributed by atoms with E-state index >= 15 is 0 Å². The Morgan fingerprint density at radius 3 is 3.06 bits per heavy atom. The van der Waals surface area contributed by atoms with E-state index in [1.165, 1.54) is 11.8 Å². The van der Waals surface area contributed by atoms with Crippen molar-refractivity contribution in [2.45, 2.75) is 25.4 Å². The number of hydrogen-bond donors (Lipinski definition) is 1. The average Bonchev–Trinajstić information content (AvgIpc) is 2.35. The van der Waals surface area contributed by atoms with Gasteiger partial charge in [0, 0.05) is 12.7 Å². The lowest BCUT2D eigenvalue weighted by Crippen LogP contribution is -2.13. The van der Waals surface area contributed by atoms with Crippen molar-refractivity contribution >= 4 is 17.7 Å². The molecule has 1 rings (SSSR count). The topological polar surface area (TPSA) is 51.2 Å². The number of aromatic nitrogens is 1. The zero-order valence-corrected chi connectivity index (χ0v) is 11.0. The van der Waals surface area contributed by atoms with Crippen LogP contribution in [0.2, 0.25) is 0 Å². The van der Waals surface area contributed by atoms with Gasteiger partial charge in [-0.25, -0.2) is 4.98 Å². The van der Waals surface area contributed by atoms with Crippen molar-refractivity contribution in [1.29, 1.82) is 0 Å². The smallest absolute Gasteiger partial charge is 0.316 e. The van der Waals surface area contributed by atoms with Crippen molar-refractivity contribution in [2.24, 2.45) is 0 Å². The second-order valence-corrected chi connectivity index (χ2v) is 4.31. The number of nitrogens with one attached hydrogen (secondary N) is 1. The van der Waals surface area contributed by atoms with Crippen LogP contribution >= 0.6 is 11.8 Å². The summed E-state index contributed by atoms with van der Waals surface area (Å²) in [6, 6.07) is 3.92. The molecule has 0 atom stereocenters. The predicted molar refractivity (Wildman–Crippen MR) is 69.0 cm³/mol. The number of thioether (sulfide) groups is 1. The Bertz CT molecular complexity index is 358. The molecule has 0 fully saturated rings. The van der Waals surface area contributed by atoms with E-state index in [2.05, 4.69) is 17.2 Å². The van der Waals surface area contributed by atoms with Crippen LogP contribution in [-0.4, -0.2) is 29.9 Å². The minimum absolute atomic E-state index is 0.197. The number of carbonyl (C=O) groups excluding carboxylic acids is 1. The lowest BCUT2D eigenvalue weighted by molar-refractivity contribution is -0.139. The van der Waals surface area contributed by atoms with Gasteiger partial charge in [-0.15, -0.1) is 0 Å². The first kappa shape index (κ1) is 14.0. The number of hydrogen-bond acceptors (Lipinski definition) is 5. The Balaban J connectivity index is 2.54. The molecule has 0 radical (unpaired) electrons. The van der Waals surface area contributed by atoms with E-state index < -0.39 is 0 Å². The van der Waals surface area contributed by atoms with Crippen LogP contribution in [0.1, 0.15) is 19.4 Å². The molecule has 0 aliphatic heterocycles. The van der Waals surface area contributed by atoms with E-state index in [1.807, 2.05) is 12.1 Å². The van der Waals surface area contributed by atoms with E-state index in [-0.39, 0.29) is 5.97 Å².